The minimum Gasteiger partial charge on any atom is -0.329 e. The number of hydrogen-bond donors (Lipinski definition) is 2. The summed E-state index contributed by atoms with van der Waals surface area (Å²) in [5, 5.41) is 0. The molecule has 17 heavy (non-hydrogen) atoms. The molecule has 3 N–H and O–H groups in total. The van der Waals surface area contributed by atoms with Crippen LogP contribution in [-0.2, 0) is 10.0 Å². The van der Waals surface area contributed by atoms with Crippen LogP contribution >= 0.6 is 12.4 Å². The van der Waals surface area contributed by atoms with Crippen molar-refractivity contribution in [2.45, 2.75) is 51.5 Å². The molecule has 1 fully saturated rings. The monoisotopic (exact) mass is 284 g/mol. The molecule has 6 heteroatoms. The molecule has 0 heterocycles. The van der Waals surface area contributed by atoms with Crippen molar-refractivity contribution in [3.63, 3.8) is 0 Å². The summed E-state index contributed by atoms with van der Waals surface area (Å²) in [4.78, 5) is 0. The first-order chi connectivity index (χ1) is 7.39. The maximum atomic E-state index is 11.9. The van der Waals surface area contributed by atoms with Gasteiger partial charge in [-0.25, -0.2) is 13.1 Å². The Balaban J connectivity index is 0.00000256. The van der Waals surface area contributed by atoms with Gasteiger partial charge in [-0.3, -0.25) is 0 Å². The second-order valence-corrected chi connectivity index (χ2v) is 7.14. The molecule has 0 amide bonds. The van der Waals surface area contributed by atoms with E-state index in [0.717, 1.165) is 25.7 Å². The van der Waals surface area contributed by atoms with Gasteiger partial charge in [0.05, 0.1) is 5.75 Å². The van der Waals surface area contributed by atoms with E-state index in [1.54, 1.807) is 0 Å². The third kappa shape index (κ3) is 5.55. The van der Waals surface area contributed by atoms with Gasteiger partial charge in [-0.2, -0.15) is 0 Å². The van der Waals surface area contributed by atoms with Crippen molar-refractivity contribution in [3.05, 3.63) is 0 Å². The first kappa shape index (κ1) is 17.2. The molecule has 1 aliphatic carbocycles. The highest BCUT2D eigenvalue weighted by Crippen LogP contribution is 2.29. The fourth-order valence-corrected chi connectivity index (χ4v) is 4.00. The van der Waals surface area contributed by atoms with Crippen molar-refractivity contribution < 1.29 is 8.42 Å². The van der Waals surface area contributed by atoms with Crippen LogP contribution in [0.3, 0.4) is 0 Å². The maximum Gasteiger partial charge on any atom is 0.212 e. The van der Waals surface area contributed by atoms with Gasteiger partial charge in [0.1, 0.15) is 0 Å². The number of sulfonamides is 1. The predicted octanol–water partition coefficient (Wildman–Crippen LogP) is 1.65. The molecule has 0 aliphatic heterocycles. The Morgan fingerprint density at radius 1 is 1.29 bits per heavy atom. The summed E-state index contributed by atoms with van der Waals surface area (Å²) < 4.78 is 26.6. The fourth-order valence-electron chi connectivity index (χ4n) is 2.17. The molecule has 0 radical (unpaired) electrons. The molecule has 0 saturated heterocycles. The van der Waals surface area contributed by atoms with Crippen LogP contribution in [0.15, 0.2) is 0 Å². The standard InChI is InChI=1S/C11H24N2O2S.ClH/c1-10(2)5-8-16(14,15)13-11(9-12)6-3-4-7-11;/h10,13H,3-9,12H2,1-2H3;1H. The molecule has 1 saturated carbocycles. The summed E-state index contributed by atoms with van der Waals surface area (Å²) in [6, 6.07) is 0. The van der Waals surface area contributed by atoms with Crippen molar-refractivity contribution >= 4 is 22.4 Å². The molecule has 1 rings (SSSR count). The maximum absolute atomic E-state index is 11.9. The first-order valence-electron chi connectivity index (χ1n) is 6.11. The van der Waals surface area contributed by atoms with Gasteiger partial charge in [0.15, 0.2) is 0 Å². The Bertz CT molecular complexity index is 311. The minimum atomic E-state index is -3.16. The normalized spacial score (nSPS) is 19.3. The highest BCUT2D eigenvalue weighted by Gasteiger charge is 2.35. The summed E-state index contributed by atoms with van der Waals surface area (Å²) >= 11 is 0. The summed E-state index contributed by atoms with van der Waals surface area (Å²) in [6.45, 7) is 4.47. The number of halogens is 1. The molecule has 0 aromatic rings. The lowest BCUT2D eigenvalue weighted by Crippen LogP contribution is -2.52. The Morgan fingerprint density at radius 3 is 2.24 bits per heavy atom. The summed E-state index contributed by atoms with van der Waals surface area (Å²) in [5.74, 6) is 0.626. The molecular weight excluding hydrogens is 260 g/mol. The van der Waals surface area contributed by atoms with Crippen LogP contribution in [0, 0.1) is 5.92 Å². The molecule has 0 unspecified atom stereocenters. The third-order valence-corrected chi connectivity index (χ3v) is 4.80. The van der Waals surface area contributed by atoms with Crippen LogP contribution < -0.4 is 10.5 Å². The van der Waals surface area contributed by atoms with Crippen LogP contribution in [-0.4, -0.2) is 26.3 Å². The lowest BCUT2D eigenvalue weighted by Gasteiger charge is -2.28. The first-order valence-corrected chi connectivity index (χ1v) is 7.76. The Morgan fingerprint density at radius 2 is 1.82 bits per heavy atom. The number of nitrogens with one attached hydrogen (secondary N) is 1. The average molecular weight is 285 g/mol. The van der Waals surface area contributed by atoms with Crippen molar-refractivity contribution in [2.24, 2.45) is 11.7 Å². The van der Waals surface area contributed by atoms with Crippen LogP contribution in [0.4, 0.5) is 0 Å². The van der Waals surface area contributed by atoms with Crippen LogP contribution in [0.2, 0.25) is 0 Å². The molecular formula is C11H25ClN2O2S. The largest absolute Gasteiger partial charge is 0.329 e. The number of nitrogens with two attached hydrogens (primary N) is 1. The van der Waals surface area contributed by atoms with Gasteiger partial charge in [-0.05, 0) is 25.2 Å². The molecule has 0 atom stereocenters. The van der Waals surface area contributed by atoms with Gasteiger partial charge in [-0.1, -0.05) is 26.7 Å². The van der Waals surface area contributed by atoms with Crippen LogP contribution in [0.1, 0.15) is 46.0 Å². The highest BCUT2D eigenvalue weighted by atomic mass is 35.5. The predicted molar refractivity (Wildman–Crippen MR) is 73.9 cm³/mol. The summed E-state index contributed by atoms with van der Waals surface area (Å²) in [7, 11) is -3.16. The fraction of sp³-hybridized carbons (Fsp3) is 1.00. The van der Waals surface area contributed by atoms with E-state index in [1.807, 2.05) is 13.8 Å². The van der Waals surface area contributed by atoms with E-state index in [9.17, 15) is 8.42 Å². The second-order valence-electron chi connectivity index (χ2n) is 5.30. The molecule has 4 nitrogen and oxygen atoms in total. The Labute approximate surface area is 111 Å². The van der Waals surface area contributed by atoms with Gasteiger partial charge in [0.25, 0.3) is 0 Å². The van der Waals surface area contributed by atoms with Gasteiger partial charge < -0.3 is 5.73 Å². The zero-order chi connectivity index (χ0) is 12.2. The highest BCUT2D eigenvalue weighted by molar-refractivity contribution is 7.89. The molecule has 0 aromatic heterocycles. The van der Waals surface area contributed by atoms with Crippen molar-refractivity contribution in [2.75, 3.05) is 12.3 Å². The van der Waals surface area contributed by atoms with E-state index in [2.05, 4.69) is 4.72 Å². The smallest absolute Gasteiger partial charge is 0.212 e. The number of rotatable bonds is 6. The van der Waals surface area contributed by atoms with E-state index < -0.39 is 10.0 Å². The second kappa shape index (κ2) is 6.92. The third-order valence-electron chi connectivity index (χ3n) is 3.29. The lowest BCUT2D eigenvalue weighted by molar-refractivity contribution is 0.398. The van der Waals surface area contributed by atoms with Crippen molar-refractivity contribution in [1.29, 1.82) is 0 Å². The van der Waals surface area contributed by atoms with Crippen LogP contribution in [0.25, 0.3) is 0 Å². The molecule has 0 aromatic carbocycles. The van der Waals surface area contributed by atoms with E-state index >= 15 is 0 Å². The summed E-state index contributed by atoms with van der Waals surface area (Å²) in [5.41, 5.74) is 5.35. The Kier molecular flexibility index (Phi) is 6.99. The van der Waals surface area contributed by atoms with Crippen molar-refractivity contribution in [3.8, 4) is 0 Å². The zero-order valence-corrected chi connectivity index (χ0v) is 12.4. The van der Waals surface area contributed by atoms with E-state index in [0.29, 0.717) is 18.9 Å². The van der Waals surface area contributed by atoms with Gasteiger partial charge in [0.2, 0.25) is 10.0 Å². The van der Waals surface area contributed by atoms with Gasteiger partial charge >= 0.3 is 0 Å². The minimum absolute atomic E-state index is 0. The topological polar surface area (TPSA) is 72.2 Å². The van der Waals surface area contributed by atoms with Crippen LogP contribution in [0.5, 0.6) is 0 Å². The summed E-state index contributed by atoms with van der Waals surface area (Å²) in [6.07, 6.45) is 4.61. The SMILES string of the molecule is CC(C)CCS(=O)(=O)NC1(CN)CCCC1.Cl. The molecule has 104 valence electrons. The molecule has 0 bridgehead atoms. The van der Waals surface area contributed by atoms with Gasteiger partial charge in [0, 0.05) is 12.1 Å². The zero-order valence-electron chi connectivity index (χ0n) is 10.7. The molecule has 1 aliphatic rings. The molecule has 0 spiro atoms. The van der Waals surface area contributed by atoms with E-state index in [4.69, 9.17) is 5.73 Å². The van der Waals surface area contributed by atoms with E-state index in [-0.39, 0.29) is 23.7 Å². The Hall–Kier alpha value is 0.160. The van der Waals surface area contributed by atoms with E-state index in [1.165, 1.54) is 0 Å². The number of hydrogen-bond acceptors (Lipinski definition) is 3. The average Bonchev–Trinajstić information content (AvgIpc) is 2.64. The quantitative estimate of drug-likeness (QED) is 0.779. The van der Waals surface area contributed by atoms with Crippen molar-refractivity contribution in [1.82, 2.24) is 4.72 Å². The van der Waals surface area contributed by atoms with Gasteiger partial charge in [-0.15, -0.1) is 12.4 Å². The lowest BCUT2D eigenvalue weighted by atomic mass is 10.0.